The molecule has 2 N–H and O–H groups in total. The number of aromatic nitrogens is 1. The number of halogens is 2. The lowest BCUT2D eigenvalue weighted by Crippen LogP contribution is -2.34. The summed E-state index contributed by atoms with van der Waals surface area (Å²) in [5, 5.41) is 15.1. The van der Waals surface area contributed by atoms with E-state index in [4.69, 9.17) is 5.26 Å². The summed E-state index contributed by atoms with van der Waals surface area (Å²) in [6.07, 6.45) is 2.03. The first-order chi connectivity index (χ1) is 16.4. The van der Waals surface area contributed by atoms with Gasteiger partial charge in [-0.25, -0.2) is 13.8 Å². The van der Waals surface area contributed by atoms with Crippen LogP contribution in [-0.2, 0) is 11.2 Å². The summed E-state index contributed by atoms with van der Waals surface area (Å²) in [6.45, 7) is 0.508. The largest absolute Gasteiger partial charge is 0.364 e. The molecule has 6 nitrogen and oxygen atoms in total. The highest BCUT2D eigenvalue weighted by atomic mass is 19.3. The molecule has 2 heterocycles. The van der Waals surface area contributed by atoms with E-state index in [0.717, 1.165) is 11.1 Å². The highest BCUT2D eigenvalue weighted by Crippen LogP contribution is 2.30. The minimum absolute atomic E-state index is 0.168. The number of carbonyl (C=O) groups is 1. The molecule has 1 aromatic heterocycles. The fourth-order valence-electron chi connectivity index (χ4n) is 3.92. The number of nitriles is 1. The third-order valence-corrected chi connectivity index (χ3v) is 5.77. The molecule has 0 unspecified atom stereocenters. The molecule has 34 heavy (non-hydrogen) atoms. The highest BCUT2D eigenvalue weighted by Gasteiger charge is 2.38. The Labute approximate surface area is 197 Å². The van der Waals surface area contributed by atoms with Crippen LogP contribution in [0.2, 0.25) is 0 Å². The van der Waals surface area contributed by atoms with Crippen molar-refractivity contribution in [2.24, 2.45) is 0 Å². The number of hydrogen-bond donors (Lipinski definition) is 2. The van der Waals surface area contributed by atoms with Crippen LogP contribution in [0, 0.1) is 11.3 Å². The van der Waals surface area contributed by atoms with E-state index in [1.54, 1.807) is 29.2 Å². The van der Waals surface area contributed by atoms with E-state index in [2.05, 4.69) is 21.7 Å². The monoisotopic (exact) mass is 461 g/mol. The van der Waals surface area contributed by atoms with Crippen molar-refractivity contribution in [1.82, 2.24) is 10.3 Å². The van der Waals surface area contributed by atoms with Crippen molar-refractivity contribution in [2.75, 3.05) is 29.9 Å². The SMILES string of the molecule is N#Cc1ccc(CCN[C@H](C(=O)Nc2ccc(N3CCC(F)(F)C3)cn2)c2ccccc2)cc1. The summed E-state index contributed by atoms with van der Waals surface area (Å²) in [5.41, 5.74) is 3.09. The van der Waals surface area contributed by atoms with Crippen LogP contribution in [0.5, 0.6) is 0 Å². The lowest BCUT2D eigenvalue weighted by atomic mass is 10.1. The normalized spacial score (nSPS) is 15.5. The number of carbonyl (C=O) groups excluding carboxylic acids is 1. The van der Waals surface area contributed by atoms with Gasteiger partial charge in [0.15, 0.2) is 0 Å². The van der Waals surface area contributed by atoms with E-state index in [0.29, 0.717) is 30.0 Å². The van der Waals surface area contributed by atoms with Gasteiger partial charge in [-0.05, 0) is 41.8 Å². The van der Waals surface area contributed by atoms with Gasteiger partial charge in [0.05, 0.1) is 30.1 Å². The second kappa shape index (κ2) is 10.4. The molecule has 174 valence electrons. The minimum atomic E-state index is -2.68. The summed E-state index contributed by atoms with van der Waals surface area (Å²) < 4.78 is 27.0. The number of nitrogens with zero attached hydrogens (tertiary/aromatic N) is 3. The van der Waals surface area contributed by atoms with Crippen molar-refractivity contribution in [2.45, 2.75) is 24.8 Å². The molecule has 1 atom stereocenters. The Morgan fingerprint density at radius 2 is 1.88 bits per heavy atom. The zero-order valence-corrected chi connectivity index (χ0v) is 18.5. The molecule has 4 rings (SSSR count). The van der Waals surface area contributed by atoms with Gasteiger partial charge < -0.3 is 15.5 Å². The van der Waals surface area contributed by atoms with Crippen LogP contribution in [0.4, 0.5) is 20.3 Å². The molecule has 0 aliphatic carbocycles. The molecule has 2 aromatic carbocycles. The van der Waals surface area contributed by atoms with Crippen molar-refractivity contribution >= 4 is 17.4 Å². The molecule has 1 fully saturated rings. The zero-order valence-electron chi connectivity index (χ0n) is 18.5. The summed E-state index contributed by atoms with van der Waals surface area (Å²) in [7, 11) is 0. The standard InChI is InChI=1S/C26H25F2N5O/c27-26(28)13-15-33(18-26)22-10-11-23(31-17-22)32-25(34)24(21-4-2-1-3-5-21)30-14-12-19-6-8-20(16-29)9-7-19/h1-11,17,24,30H,12-15,18H2,(H,31,32,34)/t24-/m0/s1. The topological polar surface area (TPSA) is 81.0 Å². The first kappa shape index (κ1) is 23.3. The molecule has 0 spiro atoms. The third-order valence-electron chi connectivity index (χ3n) is 5.77. The Morgan fingerprint density at radius 1 is 1.12 bits per heavy atom. The van der Waals surface area contributed by atoms with E-state index >= 15 is 0 Å². The maximum absolute atomic E-state index is 13.5. The second-order valence-electron chi connectivity index (χ2n) is 8.27. The predicted molar refractivity (Wildman–Crippen MR) is 127 cm³/mol. The van der Waals surface area contributed by atoms with Crippen LogP contribution in [0.15, 0.2) is 72.9 Å². The number of pyridine rings is 1. The van der Waals surface area contributed by atoms with Gasteiger partial charge in [0.2, 0.25) is 5.91 Å². The van der Waals surface area contributed by atoms with Crippen molar-refractivity contribution in [3.63, 3.8) is 0 Å². The van der Waals surface area contributed by atoms with Crippen molar-refractivity contribution in [3.8, 4) is 6.07 Å². The van der Waals surface area contributed by atoms with E-state index in [1.165, 1.54) is 6.20 Å². The Balaban J connectivity index is 1.40. The van der Waals surface area contributed by atoms with Crippen molar-refractivity contribution in [1.29, 1.82) is 5.26 Å². The van der Waals surface area contributed by atoms with E-state index in [-0.39, 0.29) is 25.4 Å². The van der Waals surface area contributed by atoms with Gasteiger partial charge in [-0.3, -0.25) is 4.79 Å². The fraction of sp³-hybridized carbons (Fsp3) is 0.269. The summed E-state index contributed by atoms with van der Waals surface area (Å²) in [5.74, 6) is -2.59. The van der Waals surface area contributed by atoms with Gasteiger partial charge >= 0.3 is 0 Å². The number of anilines is 2. The Kier molecular flexibility index (Phi) is 7.14. The first-order valence-electron chi connectivity index (χ1n) is 11.1. The maximum atomic E-state index is 13.5. The average molecular weight is 462 g/mol. The molecule has 1 saturated heterocycles. The van der Waals surface area contributed by atoms with Crippen LogP contribution in [0.25, 0.3) is 0 Å². The van der Waals surface area contributed by atoms with Crippen molar-refractivity contribution in [3.05, 3.63) is 89.6 Å². The van der Waals surface area contributed by atoms with E-state index in [9.17, 15) is 13.6 Å². The van der Waals surface area contributed by atoms with Gasteiger partial charge in [-0.2, -0.15) is 5.26 Å². The molecular weight excluding hydrogens is 436 g/mol. The van der Waals surface area contributed by atoms with E-state index in [1.807, 2.05) is 42.5 Å². The molecule has 3 aromatic rings. The number of benzene rings is 2. The minimum Gasteiger partial charge on any atom is -0.364 e. The molecule has 1 amide bonds. The molecule has 1 aliphatic rings. The predicted octanol–water partition coefficient (Wildman–Crippen LogP) is 4.31. The second-order valence-corrected chi connectivity index (χ2v) is 8.27. The molecule has 8 heteroatoms. The maximum Gasteiger partial charge on any atom is 0.266 e. The number of hydrogen-bond acceptors (Lipinski definition) is 5. The lowest BCUT2D eigenvalue weighted by Gasteiger charge is -2.20. The van der Waals surface area contributed by atoms with Crippen LogP contribution in [0.3, 0.4) is 0 Å². The smallest absolute Gasteiger partial charge is 0.266 e. The van der Waals surface area contributed by atoms with Gasteiger partial charge in [-0.15, -0.1) is 0 Å². The van der Waals surface area contributed by atoms with Crippen LogP contribution in [0.1, 0.15) is 29.2 Å². The number of amides is 1. The molecule has 1 aliphatic heterocycles. The number of rotatable bonds is 8. The third kappa shape index (κ3) is 5.94. The first-order valence-corrected chi connectivity index (χ1v) is 11.1. The highest BCUT2D eigenvalue weighted by molar-refractivity contribution is 5.94. The number of alkyl halides is 2. The van der Waals surface area contributed by atoms with Crippen LogP contribution >= 0.6 is 0 Å². The van der Waals surface area contributed by atoms with Crippen LogP contribution in [-0.4, -0.2) is 36.4 Å². The summed E-state index contributed by atoms with van der Waals surface area (Å²) >= 11 is 0. The molecule has 0 bridgehead atoms. The quantitative estimate of drug-likeness (QED) is 0.523. The molecule has 0 radical (unpaired) electrons. The fourth-order valence-corrected chi connectivity index (χ4v) is 3.92. The average Bonchev–Trinajstić information content (AvgIpc) is 3.22. The Hall–Kier alpha value is -3.83. The van der Waals surface area contributed by atoms with E-state index < -0.39 is 12.0 Å². The lowest BCUT2D eigenvalue weighted by molar-refractivity contribution is -0.118. The Morgan fingerprint density at radius 3 is 2.50 bits per heavy atom. The van der Waals surface area contributed by atoms with Gasteiger partial charge in [0.25, 0.3) is 5.92 Å². The molecular formula is C26H25F2N5O. The zero-order chi connectivity index (χ0) is 24.0. The molecule has 0 saturated carbocycles. The van der Waals surface area contributed by atoms with Gasteiger partial charge in [-0.1, -0.05) is 42.5 Å². The summed E-state index contributed by atoms with van der Waals surface area (Å²) in [6, 6.07) is 21.6. The van der Waals surface area contributed by atoms with Crippen molar-refractivity contribution < 1.29 is 13.6 Å². The Bertz CT molecular complexity index is 1140. The number of nitrogens with one attached hydrogen (secondary N) is 2. The van der Waals surface area contributed by atoms with Gasteiger partial charge in [0.1, 0.15) is 11.9 Å². The van der Waals surface area contributed by atoms with Crippen LogP contribution < -0.4 is 15.5 Å². The summed E-state index contributed by atoms with van der Waals surface area (Å²) in [4.78, 5) is 19.0. The van der Waals surface area contributed by atoms with Gasteiger partial charge in [0, 0.05) is 19.5 Å².